The molecular weight excluding hydrogens is 290 g/mol. The molecule has 0 saturated heterocycles. The second-order valence-corrected chi connectivity index (χ2v) is 5.01. The molecule has 0 aromatic heterocycles. The number of anilines is 1. The van der Waals surface area contributed by atoms with Crippen molar-refractivity contribution in [2.24, 2.45) is 4.99 Å². The summed E-state index contributed by atoms with van der Waals surface area (Å²) >= 11 is 0. The van der Waals surface area contributed by atoms with Crippen LogP contribution in [0.1, 0.15) is 5.56 Å². The Morgan fingerprint density at radius 2 is 1.70 bits per heavy atom. The Morgan fingerprint density at radius 1 is 1.09 bits per heavy atom. The van der Waals surface area contributed by atoms with Crippen LogP contribution in [0.15, 0.2) is 65.8 Å². The Bertz CT molecular complexity index is 709. The molecule has 0 fully saturated rings. The normalized spacial score (nSPS) is 11.0. The van der Waals surface area contributed by atoms with E-state index in [1.807, 2.05) is 30.3 Å². The minimum atomic E-state index is -0.198. The standard InChI is InChI=1S/C18H19N3O2/c1-19-17(14-9-11-16(22)12-10-14)13-20(2)18(23)21(3)15-7-5-4-6-8-15/h4-13,22H,1H2,2-3H3/b17-13-. The Kier molecular flexibility index (Phi) is 5.15. The lowest BCUT2D eigenvalue weighted by Crippen LogP contribution is -2.35. The molecule has 5 heteroatoms. The Labute approximate surface area is 135 Å². The Morgan fingerprint density at radius 3 is 2.26 bits per heavy atom. The molecule has 0 saturated carbocycles. The number of urea groups is 1. The highest BCUT2D eigenvalue weighted by Crippen LogP contribution is 2.20. The zero-order chi connectivity index (χ0) is 16.8. The first-order valence-corrected chi connectivity index (χ1v) is 7.06. The van der Waals surface area contributed by atoms with Gasteiger partial charge in [0.15, 0.2) is 0 Å². The summed E-state index contributed by atoms with van der Waals surface area (Å²) < 4.78 is 0. The van der Waals surface area contributed by atoms with Crippen molar-refractivity contribution < 1.29 is 9.90 Å². The van der Waals surface area contributed by atoms with Gasteiger partial charge in [-0.3, -0.25) is 9.89 Å². The van der Waals surface area contributed by atoms with Gasteiger partial charge in [-0.15, -0.1) is 0 Å². The number of para-hydroxylation sites is 1. The number of nitrogens with zero attached hydrogens (tertiary/aromatic N) is 3. The van der Waals surface area contributed by atoms with E-state index in [0.29, 0.717) is 5.70 Å². The molecule has 118 valence electrons. The summed E-state index contributed by atoms with van der Waals surface area (Å²) in [6.45, 7) is 3.54. The number of carbonyl (C=O) groups is 1. The van der Waals surface area contributed by atoms with E-state index < -0.39 is 0 Å². The van der Waals surface area contributed by atoms with Crippen molar-refractivity contribution in [1.82, 2.24) is 4.90 Å². The van der Waals surface area contributed by atoms with Crippen LogP contribution in [0, 0.1) is 0 Å². The average Bonchev–Trinajstić information content (AvgIpc) is 2.59. The number of benzene rings is 2. The second kappa shape index (κ2) is 7.26. The maximum atomic E-state index is 12.5. The molecule has 0 spiro atoms. The van der Waals surface area contributed by atoms with E-state index in [0.717, 1.165) is 11.3 Å². The number of hydrogen-bond donors (Lipinski definition) is 1. The van der Waals surface area contributed by atoms with Crippen molar-refractivity contribution in [3.63, 3.8) is 0 Å². The number of aliphatic imine (C=N–C) groups is 1. The molecule has 2 amide bonds. The molecule has 0 atom stereocenters. The average molecular weight is 309 g/mol. The zero-order valence-electron chi connectivity index (χ0n) is 13.2. The maximum absolute atomic E-state index is 12.5. The van der Waals surface area contributed by atoms with Crippen LogP contribution in [-0.2, 0) is 0 Å². The van der Waals surface area contributed by atoms with Crippen molar-refractivity contribution in [2.45, 2.75) is 0 Å². The van der Waals surface area contributed by atoms with E-state index in [9.17, 15) is 9.90 Å². The summed E-state index contributed by atoms with van der Waals surface area (Å²) in [5, 5.41) is 9.34. The molecule has 0 heterocycles. The highest BCUT2D eigenvalue weighted by Gasteiger charge is 2.15. The minimum absolute atomic E-state index is 0.172. The lowest BCUT2D eigenvalue weighted by Gasteiger charge is -2.23. The second-order valence-electron chi connectivity index (χ2n) is 5.01. The smallest absolute Gasteiger partial charge is 0.328 e. The molecule has 2 aromatic carbocycles. The van der Waals surface area contributed by atoms with Crippen LogP contribution in [0.4, 0.5) is 10.5 Å². The first-order valence-electron chi connectivity index (χ1n) is 7.06. The van der Waals surface area contributed by atoms with Crippen molar-refractivity contribution in [2.75, 3.05) is 19.0 Å². The molecule has 0 bridgehead atoms. The lowest BCUT2D eigenvalue weighted by molar-refractivity contribution is 0.230. The first-order chi connectivity index (χ1) is 11.0. The third-order valence-electron chi connectivity index (χ3n) is 3.38. The fourth-order valence-electron chi connectivity index (χ4n) is 2.08. The van der Waals surface area contributed by atoms with Gasteiger partial charge in [0.2, 0.25) is 0 Å². The zero-order valence-corrected chi connectivity index (χ0v) is 13.2. The van der Waals surface area contributed by atoms with Crippen LogP contribution in [0.3, 0.4) is 0 Å². The van der Waals surface area contributed by atoms with Gasteiger partial charge in [0.25, 0.3) is 0 Å². The van der Waals surface area contributed by atoms with Gasteiger partial charge in [-0.1, -0.05) is 18.2 Å². The number of phenolic OH excluding ortho intramolecular Hbond substituents is 1. The fraction of sp³-hybridized carbons (Fsp3) is 0.111. The highest BCUT2D eigenvalue weighted by atomic mass is 16.3. The van der Waals surface area contributed by atoms with Crippen molar-refractivity contribution in [3.8, 4) is 5.75 Å². The Balaban J connectivity index is 2.20. The fourth-order valence-corrected chi connectivity index (χ4v) is 2.08. The van der Waals surface area contributed by atoms with Crippen LogP contribution in [-0.4, -0.2) is 36.9 Å². The molecule has 0 aliphatic rings. The molecule has 5 nitrogen and oxygen atoms in total. The monoisotopic (exact) mass is 309 g/mol. The first kappa shape index (κ1) is 16.3. The topological polar surface area (TPSA) is 56.1 Å². The van der Waals surface area contributed by atoms with Crippen LogP contribution >= 0.6 is 0 Å². The van der Waals surface area contributed by atoms with Gasteiger partial charge in [-0.2, -0.15) is 0 Å². The molecule has 0 unspecified atom stereocenters. The largest absolute Gasteiger partial charge is 0.508 e. The van der Waals surface area contributed by atoms with Crippen LogP contribution < -0.4 is 4.90 Å². The molecule has 0 aliphatic carbocycles. The summed E-state index contributed by atoms with van der Waals surface area (Å²) in [6.07, 6.45) is 1.61. The maximum Gasteiger partial charge on any atom is 0.328 e. The molecule has 0 radical (unpaired) electrons. The summed E-state index contributed by atoms with van der Waals surface area (Å²) in [6, 6.07) is 15.7. The lowest BCUT2D eigenvalue weighted by atomic mass is 10.1. The predicted octanol–water partition coefficient (Wildman–Crippen LogP) is 3.58. The van der Waals surface area contributed by atoms with E-state index in [1.54, 1.807) is 49.5 Å². The van der Waals surface area contributed by atoms with E-state index in [2.05, 4.69) is 11.7 Å². The number of aromatic hydroxyl groups is 1. The molecule has 23 heavy (non-hydrogen) atoms. The van der Waals surface area contributed by atoms with Crippen molar-refractivity contribution in [3.05, 3.63) is 66.4 Å². The third kappa shape index (κ3) is 3.97. The van der Waals surface area contributed by atoms with Gasteiger partial charge in [-0.05, 0) is 43.1 Å². The van der Waals surface area contributed by atoms with Gasteiger partial charge in [0.1, 0.15) is 5.75 Å². The number of amides is 2. The molecule has 1 N–H and O–H groups in total. The Hall–Kier alpha value is -3.08. The third-order valence-corrected chi connectivity index (χ3v) is 3.38. The molecular formula is C18H19N3O2. The van der Waals surface area contributed by atoms with Crippen LogP contribution in [0.25, 0.3) is 5.70 Å². The van der Waals surface area contributed by atoms with E-state index >= 15 is 0 Å². The quantitative estimate of drug-likeness (QED) is 0.878. The van der Waals surface area contributed by atoms with E-state index in [-0.39, 0.29) is 11.8 Å². The van der Waals surface area contributed by atoms with Gasteiger partial charge in [0, 0.05) is 31.5 Å². The number of rotatable bonds is 4. The summed E-state index contributed by atoms with van der Waals surface area (Å²) in [7, 11) is 3.37. The van der Waals surface area contributed by atoms with Gasteiger partial charge >= 0.3 is 6.03 Å². The van der Waals surface area contributed by atoms with Gasteiger partial charge in [0.05, 0.1) is 5.70 Å². The summed E-state index contributed by atoms with van der Waals surface area (Å²) in [4.78, 5) is 19.4. The predicted molar refractivity (Wildman–Crippen MR) is 93.6 cm³/mol. The highest BCUT2D eigenvalue weighted by molar-refractivity contribution is 5.92. The molecule has 2 rings (SSSR count). The number of phenols is 1. The van der Waals surface area contributed by atoms with Gasteiger partial charge < -0.3 is 10.0 Å². The van der Waals surface area contributed by atoms with Crippen molar-refractivity contribution in [1.29, 1.82) is 0 Å². The molecule has 0 aliphatic heterocycles. The summed E-state index contributed by atoms with van der Waals surface area (Å²) in [5.41, 5.74) is 2.11. The number of hydrogen-bond acceptors (Lipinski definition) is 3. The SMILES string of the molecule is C=N/C(=C\N(C)C(=O)N(C)c1ccccc1)c1ccc(O)cc1. The van der Waals surface area contributed by atoms with Crippen LogP contribution in [0.2, 0.25) is 0 Å². The number of carbonyl (C=O) groups excluding carboxylic acids is 1. The van der Waals surface area contributed by atoms with E-state index in [4.69, 9.17) is 0 Å². The molecule has 2 aromatic rings. The van der Waals surface area contributed by atoms with E-state index in [1.165, 1.54) is 4.90 Å². The minimum Gasteiger partial charge on any atom is -0.508 e. The summed E-state index contributed by atoms with van der Waals surface area (Å²) in [5.74, 6) is 0.172. The van der Waals surface area contributed by atoms with Gasteiger partial charge in [-0.25, -0.2) is 4.79 Å². The van der Waals surface area contributed by atoms with Crippen molar-refractivity contribution >= 4 is 24.1 Å². The van der Waals surface area contributed by atoms with Crippen LogP contribution in [0.5, 0.6) is 5.75 Å².